The molecule has 0 fully saturated rings. The van der Waals surface area contributed by atoms with Crippen LogP contribution in [-0.2, 0) is 6.18 Å². The Morgan fingerprint density at radius 1 is 1.38 bits per heavy atom. The van der Waals surface area contributed by atoms with Crippen LogP contribution in [0.5, 0.6) is 0 Å². The Bertz CT molecular complexity index is 449. The second kappa shape index (κ2) is 4.33. The van der Waals surface area contributed by atoms with Crippen LogP contribution in [0, 0.1) is 11.3 Å². The van der Waals surface area contributed by atoms with E-state index in [1.54, 1.807) is 0 Å². The molecule has 1 aromatic heterocycles. The number of hydrogen-bond acceptors (Lipinski definition) is 2. The maximum atomic E-state index is 12.4. The van der Waals surface area contributed by atoms with Crippen LogP contribution >= 0.6 is 15.9 Å². The topological polar surface area (TPSA) is 36.7 Å². The van der Waals surface area contributed by atoms with Crippen LogP contribution in [0.4, 0.5) is 22.0 Å². The van der Waals surface area contributed by atoms with E-state index in [1.807, 2.05) is 0 Å². The van der Waals surface area contributed by atoms with E-state index in [4.69, 9.17) is 5.26 Å². The minimum atomic E-state index is -5.03. The maximum Gasteiger partial charge on any atom is 0.433 e. The molecule has 0 radical (unpaired) electrons. The van der Waals surface area contributed by atoms with Crippen LogP contribution in [0.15, 0.2) is 10.7 Å². The minimum Gasteiger partial charge on any atom is -0.236 e. The molecule has 0 atom stereocenters. The number of hydrogen-bond donors (Lipinski definition) is 0. The smallest absolute Gasteiger partial charge is 0.236 e. The van der Waals surface area contributed by atoms with Gasteiger partial charge in [0.05, 0.1) is 17.2 Å². The molecule has 2 nitrogen and oxygen atoms in total. The van der Waals surface area contributed by atoms with Gasteiger partial charge in [0.1, 0.15) is 4.60 Å². The monoisotopic (exact) mass is 300 g/mol. The van der Waals surface area contributed by atoms with E-state index in [0.29, 0.717) is 0 Å². The average Bonchev–Trinajstić information content (AvgIpc) is 2.14. The molecule has 0 aromatic carbocycles. The molecule has 0 spiro atoms. The fourth-order valence-corrected chi connectivity index (χ4v) is 1.46. The maximum absolute atomic E-state index is 12.4. The van der Waals surface area contributed by atoms with Gasteiger partial charge in [-0.1, -0.05) is 0 Å². The van der Waals surface area contributed by atoms with Gasteiger partial charge in [-0.05, 0) is 22.0 Å². The van der Waals surface area contributed by atoms with Gasteiger partial charge in [-0.3, -0.25) is 0 Å². The summed E-state index contributed by atoms with van der Waals surface area (Å²) in [5.41, 5.74) is -3.88. The number of nitriles is 1. The molecule has 0 N–H and O–H groups in total. The summed E-state index contributed by atoms with van der Waals surface area (Å²) in [5, 5.41) is 8.48. The second-order valence-corrected chi connectivity index (χ2v) is 3.48. The van der Waals surface area contributed by atoms with E-state index in [0.717, 1.165) is 6.07 Å². The van der Waals surface area contributed by atoms with Gasteiger partial charge < -0.3 is 0 Å². The molecule has 0 saturated heterocycles. The van der Waals surface area contributed by atoms with Crippen LogP contribution in [0.1, 0.15) is 23.2 Å². The van der Waals surface area contributed by atoms with Crippen molar-refractivity contribution in [1.29, 1.82) is 5.26 Å². The molecular formula is C8H2BrF5N2. The average molecular weight is 301 g/mol. The first-order valence-corrected chi connectivity index (χ1v) is 4.52. The molecule has 0 aliphatic rings. The number of halogens is 6. The van der Waals surface area contributed by atoms with Crippen LogP contribution in [0.25, 0.3) is 0 Å². The Balaban J connectivity index is 3.59. The first-order chi connectivity index (χ1) is 7.27. The lowest BCUT2D eigenvalue weighted by Crippen LogP contribution is -2.14. The Hall–Kier alpha value is -1.23. The molecule has 0 saturated carbocycles. The summed E-state index contributed by atoms with van der Waals surface area (Å²) in [6, 6.07) is 2.10. The third kappa shape index (κ3) is 2.47. The highest BCUT2D eigenvalue weighted by Crippen LogP contribution is 2.37. The predicted molar refractivity (Wildman–Crippen MR) is 46.6 cm³/mol. The molecule has 0 unspecified atom stereocenters. The Kier molecular flexibility index (Phi) is 3.48. The normalized spacial score (nSPS) is 11.6. The van der Waals surface area contributed by atoms with Crippen molar-refractivity contribution in [2.45, 2.75) is 12.6 Å². The van der Waals surface area contributed by atoms with E-state index in [9.17, 15) is 22.0 Å². The van der Waals surface area contributed by atoms with E-state index in [2.05, 4.69) is 20.9 Å². The van der Waals surface area contributed by atoms with Gasteiger partial charge in [-0.15, -0.1) is 0 Å². The van der Waals surface area contributed by atoms with Crippen molar-refractivity contribution in [3.8, 4) is 6.07 Å². The Labute approximate surface area is 94.8 Å². The molecule has 0 amide bonds. The van der Waals surface area contributed by atoms with Gasteiger partial charge in [0.25, 0.3) is 6.43 Å². The van der Waals surface area contributed by atoms with Crippen molar-refractivity contribution >= 4 is 15.9 Å². The zero-order valence-electron chi connectivity index (χ0n) is 7.32. The van der Waals surface area contributed by atoms with Crippen molar-refractivity contribution < 1.29 is 22.0 Å². The summed E-state index contributed by atoms with van der Waals surface area (Å²) in [4.78, 5) is 2.93. The summed E-state index contributed by atoms with van der Waals surface area (Å²) in [6.07, 6.45) is -8.44. The highest BCUT2D eigenvalue weighted by atomic mass is 79.9. The first kappa shape index (κ1) is 12.8. The molecule has 0 aliphatic carbocycles. The Morgan fingerprint density at radius 2 is 1.94 bits per heavy atom. The van der Waals surface area contributed by atoms with Crippen molar-refractivity contribution in [3.63, 3.8) is 0 Å². The van der Waals surface area contributed by atoms with Crippen molar-refractivity contribution in [1.82, 2.24) is 4.98 Å². The molecule has 1 aromatic rings. The molecule has 1 rings (SSSR count). The lowest BCUT2D eigenvalue weighted by atomic mass is 10.1. The quantitative estimate of drug-likeness (QED) is 0.586. The molecular weight excluding hydrogens is 299 g/mol. The summed E-state index contributed by atoms with van der Waals surface area (Å²) in [5.74, 6) is 0. The fraction of sp³-hybridized carbons (Fsp3) is 0.250. The molecule has 8 heteroatoms. The van der Waals surface area contributed by atoms with Gasteiger partial charge in [0.2, 0.25) is 0 Å². The number of rotatable bonds is 1. The van der Waals surface area contributed by atoms with E-state index >= 15 is 0 Å². The summed E-state index contributed by atoms with van der Waals surface area (Å²) in [6.45, 7) is 0. The summed E-state index contributed by atoms with van der Waals surface area (Å²) < 4.78 is 61.7. The molecule has 86 valence electrons. The minimum absolute atomic E-state index is 0.319. The molecule has 0 aliphatic heterocycles. The van der Waals surface area contributed by atoms with Gasteiger partial charge >= 0.3 is 6.18 Å². The zero-order valence-corrected chi connectivity index (χ0v) is 8.90. The zero-order chi connectivity index (χ0) is 12.5. The van der Waals surface area contributed by atoms with Crippen LogP contribution in [0.2, 0.25) is 0 Å². The third-order valence-corrected chi connectivity index (χ3v) is 2.04. The SMILES string of the molecule is N#Cc1cc(Br)nc(C(F)(F)F)c1C(F)F. The van der Waals surface area contributed by atoms with Crippen molar-refractivity contribution in [3.05, 3.63) is 27.5 Å². The third-order valence-electron chi connectivity index (χ3n) is 1.63. The van der Waals surface area contributed by atoms with Gasteiger partial charge in [0, 0.05) is 0 Å². The van der Waals surface area contributed by atoms with Gasteiger partial charge in [-0.2, -0.15) is 18.4 Å². The van der Waals surface area contributed by atoms with Crippen LogP contribution in [0.3, 0.4) is 0 Å². The van der Waals surface area contributed by atoms with Crippen LogP contribution in [-0.4, -0.2) is 4.98 Å². The highest BCUT2D eigenvalue weighted by Gasteiger charge is 2.39. The van der Waals surface area contributed by atoms with E-state index in [-0.39, 0.29) is 4.60 Å². The molecule has 16 heavy (non-hydrogen) atoms. The lowest BCUT2D eigenvalue weighted by molar-refractivity contribution is -0.143. The van der Waals surface area contributed by atoms with E-state index in [1.165, 1.54) is 6.07 Å². The van der Waals surface area contributed by atoms with Crippen molar-refractivity contribution in [2.75, 3.05) is 0 Å². The number of alkyl halides is 5. The van der Waals surface area contributed by atoms with Crippen LogP contribution < -0.4 is 0 Å². The second-order valence-electron chi connectivity index (χ2n) is 2.67. The fourth-order valence-electron chi connectivity index (χ4n) is 1.05. The molecule has 0 bridgehead atoms. The van der Waals surface area contributed by atoms with Crippen molar-refractivity contribution in [2.24, 2.45) is 0 Å². The number of aromatic nitrogens is 1. The predicted octanol–water partition coefficient (Wildman–Crippen LogP) is 3.67. The Morgan fingerprint density at radius 3 is 2.31 bits per heavy atom. The molecule has 1 heterocycles. The van der Waals surface area contributed by atoms with E-state index < -0.39 is 29.4 Å². The summed E-state index contributed by atoms with van der Waals surface area (Å²) >= 11 is 2.62. The number of nitrogens with zero attached hydrogens (tertiary/aromatic N) is 2. The standard InChI is InChI=1S/C8H2BrF5N2/c9-4-1-3(2-15)5(7(10)11)6(16-4)8(12,13)14/h1,7H. The lowest BCUT2D eigenvalue weighted by Gasteiger charge is -2.12. The van der Waals surface area contributed by atoms with Gasteiger partial charge in [-0.25, -0.2) is 13.8 Å². The van der Waals surface area contributed by atoms with Gasteiger partial charge in [0.15, 0.2) is 5.69 Å². The first-order valence-electron chi connectivity index (χ1n) is 3.73. The highest BCUT2D eigenvalue weighted by molar-refractivity contribution is 9.10. The number of pyridine rings is 1. The largest absolute Gasteiger partial charge is 0.433 e. The summed E-state index contributed by atoms with van der Waals surface area (Å²) in [7, 11) is 0.